The summed E-state index contributed by atoms with van der Waals surface area (Å²) < 4.78 is 24.9. The summed E-state index contributed by atoms with van der Waals surface area (Å²) in [5, 5.41) is 6.75. The summed E-state index contributed by atoms with van der Waals surface area (Å²) in [7, 11) is 1.75. The number of guanidine groups is 1. The van der Waals surface area contributed by atoms with E-state index < -0.39 is 6.43 Å². The summed E-state index contributed by atoms with van der Waals surface area (Å²) in [6, 6.07) is 8.91. The zero-order chi connectivity index (χ0) is 19.2. The van der Waals surface area contributed by atoms with Crippen LogP contribution in [-0.2, 0) is 12.0 Å². The van der Waals surface area contributed by atoms with Crippen LogP contribution in [-0.4, -0.2) is 50.0 Å². The third kappa shape index (κ3) is 6.56. The van der Waals surface area contributed by atoms with Gasteiger partial charge in [-0.05, 0) is 29.4 Å². The summed E-state index contributed by atoms with van der Waals surface area (Å²) in [4.78, 5) is 6.11. The van der Waals surface area contributed by atoms with Crippen LogP contribution in [0.1, 0.15) is 44.7 Å². The Morgan fingerprint density at radius 1 is 1.19 bits per heavy atom. The molecule has 0 aromatic heterocycles. The molecule has 1 saturated heterocycles. The number of rotatable bonds is 5. The van der Waals surface area contributed by atoms with Gasteiger partial charge in [0.25, 0.3) is 6.43 Å². The van der Waals surface area contributed by atoms with Crippen LogP contribution in [0.2, 0.25) is 0 Å². The number of hydrogen-bond donors (Lipinski definition) is 2. The van der Waals surface area contributed by atoms with Gasteiger partial charge in [0.2, 0.25) is 0 Å². The fraction of sp³-hybridized carbons (Fsp3) is 0.650. The Morgan fingerprint density at radius 2 is 1.81 bits per heavy atom. The first kappa shape index (κ1) is 20.6. The van der Waals surface area contributed by atoms with Gasteiger partial charge >= 0.3 is 0 Å². The van der Waals surface area contributed by atoms with E-state index in [1.54, 1.807) is 7.05 Å². The molecular formula is C20H32F2N4. The van der Waals surface area contributed by atoms with Crippen LogP contribution in [0, 0.1) is 0 Å². The predicted octanol–water partition coefficient (Wildman–Crippen LogP) is 3.38. The van der Waals surface area contributed by atoms with E-state index in [1.807, 2.05) is 4.90 Å². The fourth-order valence-electron chi connectivity index (χ4n) is 3.15. The molecule has 0 atom stereocenters. The molecule has 0 amide bonds. The lowest BCUT2D eigenvalue weighted by Crippen LogP contribution is -2.49. The molecule has 1 aromatic rings. The Balaban J connectivity index is 1.78. The second-order valence-electron chi connectivity index (χ2n) is 7.98. The van der Waals surface area contributed by atoms with Gasteiger partial charge in [-0.25, -0.2) is 8.78 Å². The first-order valence-electron chi connectivity index (χ1n) is 9.35. The number of nitrogens with zero attached hydrogens (tertiary/aromatic N) is 2. The quantitative estimate of drug-likeness (QED) is 0.620. The Morgan fingerprint density at radius 3 is 2.31 bits per heavy atom. The molecule has 0 unspecified atom stereocenters. The fourth-order valence-corrected chi connectivity index (χ4v) is 3.15. The molecule has 1 aromatic carbocycles. The summed E-state index contributed by atoms with van der Waals surface area (Å²) in [6.07, 6.45) is -0.542. The average Bonchev–Trinajstić information content (AvgIpc) is 2.59. The van der Waals surface area contributed by atoms with Crippen LogP contribution in [0.25, 0.3) is 0 Å². The molecule has 0 bridgehead atoms. The molecule has 0 saturated carbocycles. The summed E-state index contributed by atoms with van der Waals surface area (Å²) >= 11 is 0. The highest BCUT2D eigenvalue weighted by Gasteiger charge is 2.22. The molecule has 1 aliphatic rings. The number of piperidine rings is 1. The van der Waals surface area contributed by atoms with Crippen molar-refractivity contribution >= 4 is 5.96 Å². The van der Waals surface area contributed by atoms with E-state index >= 15 is 0 Å². The molecule has 1 heterocycles. The van der Waals surface area contributed by atoms with Gasteiger partial charge in [-0.1, -0.05) is 45.0 Å². The number of benzene rings is 1. The smallest absolute Gasteiger partial charge is 0.251 e. The number of aliphatic imine (C=N–C) groups is 1. The maximum atomic E-state index is 12.4. The van der Waals surface area contributed by atoms with E-state index in [0.29, 0.717) is 19.6 Å². The molecule has 0 aliphatic carbocycles. The molecule has 0 spiro atoms. The molecule has 146 valence electrons. The van der Waals surface area contributed by atoms with Gasteiger partial charge in [0.1, 0.15) is 0 Å². The Hall–Kier alpha value is -1.69. The minimum absolute atomic E-state index is 0.121. The molecule has 26 heavy (non-hydrogen) atoms. The lowest BCUT2D eigenvalue weighted by molar-refractivity contribution is 0.0744. The van der Waals surface area contributed by atoms with Crippen molar-refractivity contribution in [2.75, 3.05) is 26.7 Å². The van der Waals surface area contributed by atoms with Gasteiger partial charge in [0.15, 0.2) is 5.96 Å². The van der Waals surface area contributed by atoms with Crippen LogP contribution in [0.5, 0.6) is 0 Å². The Labute approximate surface area is 156 Å². The topological polar surface area (TPSA) is 39.7 Å². The monoisotopic (exact) mass is 366 g/mol. The van der Waals surface area contributed by atoms with E-state index in [0.717, 1.165) is 18.8 Å². The first-order chi connectivity index (χ1) is 12.3. The molecule has 1 fully saturated rings. The number of halogens is 2. The number of likely N-dealkylation sites (tertiary alicyclic amines) is 1. The van der Waals surface area contributed by atoms with Crippen LogP contribution >= 0.6 is 0 Å². The summed E-state index contributed by atoms with van der Waals surface area (Å²) in [5.74, 6) is 0.761. The van der Waals surface area contributed by atoms with Crippen molar-refractivity contribution in [3.63, 3.8) is 0 Å². The standard InChI is InChI=1S/C20H32F2N4/c1-20(2,3)16-7-5-15(6-8-16)13-24-19(23-4)25-17-9-11-26(12-10-17)14-18(21)22/h5-8,17-18H,9-14H2,1-4H3,(H2,23,24,25). The van der Waals surface area contributed by atoms with E-state index in [9.17, 15) is 8.78 Å². The summed E-state index contributed by atoms with van der Waals surface area (Å²) in [5.41, 5.74) is 2.68. The molecule has 6 heteroatoms. The minimum atomic E-state index is -2.25. The van der Waals surface area contributed by atoms with Gasteiger partial charge in [0, 0.05) is 32.7 Å². The largest absolute Gasteiger partial charge is 0.354 e. The van der Waals surface area contributed by atoms with Crippen LogP contribution in [0.4, 0.5) is 8.78 Å². The van der Waals surface area contributed by atoms with Gasteiger partial charge in [-0.2, -0.15) is 0 Å². The van der Waals surface area contributed by atoms with E-state index in [2.05, 4.69) is 60.7 Å². The first-order valence-corrected chi connectivity index (χ1v) is 9.35. The predicted molar refractivity (Wildman–Crippen MR) is 104 cm³/mol. The lowest BCUT2D eigenvalue weighted by Gasteiger charge is -2.32. The van der Waals surface area contributed by atoms with Crippen LogP contribution in [0.15, 0.2) is 29.3 Å². The van der Waals surface area contributed by atoms with Gasteiger partial charge in [-0.3, -0.25) is 9.89 Å². The van der Waals surface area contributed by atoms with Crippen molar-refractivity contribution in [1.29, 1.82) is 0 Å². The van der Waals surface area contributed by atoms with E-state index in [-0.39, 0.29) is 18.0 Å². The third-order valence-electron chi connectivity index (χ3n) is 4.83. The number of alkyl halides is 2. The molecule has 2 N–H and O–H groups in total. The van der Waals surface area contributed by atoms with Crippen molar-refractivity contribution in [3.05, 3.63) is 35.4 Å². The molecule has 4 nitrogen and oxygen atoms in total. The van der Waals surface area contributed by atoms with Crippen molar-refractivity contribution in [3.8, 4) is 0 Å². The zero-order valence-corrected chi connectivity index (χ0v) is 16.4. The highest BCUT2D eigenvalue weighted by Crippen LogP contribution is 2.22. The van der Waals surface area contributed by atoms with Crippen LogP contribution < -0.4 is 10.6 Å². The van der Waals surface area contributed by atoms with Crippen molar-refractivity contribution in [2.24, 2.45) is 4.99 Å². The van der Waals surface area contributed by atoms with E-state index in [4.69, 9.17) is 0 Å². The SMILES string of the molecule is CN=C(NCc1ccc(C(C)(C)C)cc1)NC1CCN(CC(F)F)CC1. The van der Waals surface area contributed by atoms with E-state index in [1.165, 1.54) is 11.1 Å². The molecule has 0 radical (unpaired) electrons. The van der Waals surface area contributed by atoms with Crippen molar-refractivity contribution in [1.82, 2.24) is 15.5 Å². The van der Waals surface area contributed by atoms with Crippen LogP contribution in [0.3, 0.4) is 0 Å². The van der Waals surface area contributed by atoms with Crippen molar-refractivity contribution < 1.29 is 8.78 Å². The second kappa shape index (κ2) is 9.31. The highest BCUT2D eigenvalue weighted by molar-refractivity contribution is 5.79. The number of hydrogen-bond acceptors (Lipinski definition) is 2. The molecule has 1 aliphatic heterocycles. The zero-order valence-electron chi connectivity index (χ0n) is 16.4. The second-order valence-corrected chi connectivity index (χ2v) is 7.98. The third-order valence-corrected chi connectivity index (χ3v) is 4.83. The van der Waals surface area contributed by atoms with Gasteiger partial charge in [0.05, 0.1) is 6.54 Å². The lowest BCUT2D eigenvalue weighted by atomic mass is 9.87. The maximum Gasteiger partial charge on any atom is 0.251 e. The summed E-state index contributed by atoms with van der Waals surface area (Å²) in [6.45, 7) is 8.61. The maximum absolute atomic E-state index is 12.4. The molecule has 2 rings (SSSR count). The number of nitrogens with one attached hydrogen (secondary N) is 2. The van der Waals surface area contributed by atoms with Gasteiger partial charge < -0.3 is 10.6 Å². The normalized spacial score (nSPS) is 17.6. The Bertz CT molecular complexity index is 570. The molecular weight excluding hydrogens is 334 g/mol. The van der Waals surface area contributed by atoms with Crippen molar-refractivity contribution in [2.45, 2.75) is 58.0 Å². The average molecular weight is 367 g/mol. The highest BCUT2D eigenvalue weighted by atomic mass is 19.3. The minimum Gasteiger partial charge on any atom is -0.354 e. The Kier molecular flexibility index (Phi) is 7.38. The van der Waals surface area contributed by atoms with Gasteiger partial charge in [-0.15, -0.1) is 0 Å².